The Kier molecular flexibility index (Phi) is 5.24. The second-order valence-electron chi connectivity index (χ2n) is 3.11. The van der Waals surface area contributed by atoms with Gasteiger partial charge in [-0.25, -0.2) is 4.79 Å². The Morgan fingerprint density at radius 3 is 2.78 bits per heavy atom. The maximum atomic E-state index is 10.4. The highest BCUT2D eigenvalue weighted by Crippen LogP contribution is 2.28. The van der Waals surface area contributed by atoms with Gasteiger partial charge in [-0.1, -0.05) is 6.07 Å². The van der Waals surface area contributed by atoms with E-state index in [9.17, 15) is 9.59 Å². The van der Waals surface area contributed by atoms with Gasteiger partial charge in [-0.05, 0) is 23.8 Å². The molecule has 1 N–H and O–H groups in total. The molecule has 0 aliphatic carbocycles. The Bertz CT molecular complexity index is 452. The smallest absolute Gasteiger partial charge is 0.328 e. The third kappa shape index (κ3) is 4.17. The minimum Gasteiger partial charge on any atom is -0.493 e. The molecule has 18 heavy (non-hydrogen) atoms. The Balaban J connectivity index is 2.82. The number of benzene rings is 1. The van der Waals surface area contributed by atoms with Crippen LogP contribution in [-0.2, 0) is 14.3 Å². The van der Waals surface area contributed by atoms with Crippen LogP contribution in [0.25, 0.3) is 6.08 Å². The Morgan fingerprint density at radius 2 is 2.17 bits per heavy atom. The van der Waals surface area contributed by atoms with Gasteiger partial charge in [0.15, 0.2) is 11.5 Å². The molecule has 0 spiro atoms. The summed E-state index contributed by atoms with van der Waals surface area (Å²) < 4.78 is 14.6. The first-order valence-electron chi connectivity index (χ1n) is 4.94. The third-order valence-corrected chi connectivity index (χ3v) is 1.96. The molecule has 0 fully saturated rings. The van der Waals surface area contributed by atoms with Crippen molar-refractivity contribution in [2.24, 2.45) is 0 Å². The van der Waals surface area contributed by atoms with Crippen LogP contribution in [0, 0.1) is 0 Å². The number of aliphatic carboxylic acids is 1. The van der Waals surface area contributed by atoms with E-state index in [1.165, 1.54) is 13.2 Å². The number of carboxylic acids is 1. The maximum Gasteiger partial charge on any atom is 0.328 e. The number of carbonyl (C=O) groups excluding carboxylic acids is 1. The zero-order valence-corrected chi connectivity index (χ0v) is 9.66. The molecule has 0 saturated carbocycles. The summed E-state index contributed by atoms with van der Waals surface area (Å²) in [5.74, 6) is -0.225. The molecule has 0 amide bonds. The van der Waals surface area contributed by atoms with E-state index in [1.807, 2.05) is 0 Å². The van der Waals surface area contributed by atoms with Crippen LogP contribution < -0.4 is 9.47 Å². The molecule has 96 valence electrons. The molecule has 1 aromatic rings. The molecule has 0 saturated heterocycles. The highest BCUT2D eigenvalue weighted by molar-refractivity contribution is 5.85. The number of hydrogen-bond donors (Lipinski definition) is 1. The number of ether oxygens (including phenoxy) is 3. The Morgan fingerprint density at radius 1 is 1.39 bits per heavy atom. The lowest BCUT2D eigenvalue weighted by Gasteiger charge is -2.10. The SMILES string of the molecule is COc1cc(/C=C/C(=O)O)ccc1OCOC=O. The van der Waals surface area contributed by atoms with Gasteiger partial charge in [0.05, 0.1) is 7.11 Å². The highest BCUT2D eigenvalue weighted by Gasteiger charge is 2.04. The second kappa shape index (κ2) is 6.95. The van der Waals surface area contributed by atoms with Gasteiger partial charge in [-0.2, -0.15) is 0 Å². The molecule has 0 heterocycles. The first-order chi connectivity index (χ1) is 8.67. The average molecular weight is 252 g/mol. The summed E-state index contributed by atoms with van der Waals surface area (Å²) in [5, 5.41) is 8.51. The van der Waals surface area contributed by atoms with E-state index in [0.717, 1.165) is 6.08 Å². The van der Waals surface area contributed by atoms with Crippen molar-refractivity contribution in [3.8, 4) is 11.5 Å². The average Bonchev–Trinajstić information content (AvgIpc) is 2.37. The summed E-state index contributed by atoms with van der Waals surface area (Å²) >= 11 is 0. The van der Waals surface area contributed by atoms with Crippen molar-refractivity contribution in [2.45, 2.75) is 0 Å². The Hall–Kier alpha value is -2.50. The lowest BCUT2D eigenvalue weighted by atomic mass is 10.2. The maximum absolute atomic E-state index is 10.4. The van der Waals surface area contributed by atoms with Crippen molar-refractivity contribution in [3.05, 3.63) is 29.8 Å². The molecule has 0 bridgehead atoms. The zero-order valence-electron chi connectivity index (χ0n) is 9.66. The predicted octanol–water partition coefficient (Wildman–Crippen LogP) is 1.30. The van der Waals surface area contributed by atoms with Gasteiger partial charge in [-0.15, -0.1) is 0 Å². The monoisotopic (exact) mass is 252 g/mol. The number of carboxylic acid groups (broad SMARTS) is 1. The highest BCUT2D eigenvalue weighted by atomic mass is 16.7. The zero-order chi connectivity index (χ0) is 13.4. The molecule has 1 rings (SSSR count). The van der Waals surface area contributed by atoms with Gasteiger partial charge in [0.1, 0.15) is 0 Å². The van der Waals surface area contributed by atoms with Crippen LogP contribution in [0.3, 0.4) is 0 Å². The Labute approximate surface area is 103 Å². The van der Waals surface area contributed by atoms with E-state index in [-0.39, 0.29) is 13.3 Å². The fraction of sp³-hybridized carbons (Fsp3) is 0.167. The number of carbonyl (C=O) groups is 2. The summed E-state index contributed by atoms with van der Waals surface area (Å²) in [7, 11) is 1.45. The van der Waals surface area contributed by atoms with Gasteiger partial charge in [-0.3, -0.25) is 4.79 Å². The first kappa shape index (κ1) is 13.6. The molecule has 0 aromatic heterocycles. The molecule has 0 atom stereocenters. The fourth-order valence-corrected chi connectivity index (χ4v) is 1.20. The van der Waals surface area contributed by atoms with Crippen molar-refractivity contribution in [1.29, 1.82) is 0 Å². The largest absolute Gasteiger partial charge is 0.493 e. The molecular formula is C12H12O6. The van der Waals surface area contributed by atoms with Crippen molar-refractivity contribution in [3.63, 3.8) is 0 Å². The van der Waals surface area contributed by atoms with Crippen molar-refractivity contribution in [2.75, 3.05) is 13.9 Å². The van der Waals surface area contributed by atoms with Crippen LogP contribution in [-0.4, -0.2) is 31.5 Å². The number of hydrogen-bond acceptors (Lipinski definition) is 5. The van der Waals surface area contributed by atoms with Crippen molar-refractivity contribution in [1.82, 2.24) is 0 Å². The van der Waals surface area contributed by atoms with Gasteiger partial charge < -0.3 is 19.3 Å². The quantitative estimate of drug-likeness (QED) is 0.341. The first-order valence-corrected chi connectivity index (χ1v) is 4.94. The van der Waals surface area contributed by atoms with Crippen LogP contribution in [0.2, 0.25) is 0 Å². The lowest BCUT2D eigenvalue weighted by Crippen LogP contribution is -2.02. The summed E-state index contributed by atoms with van der Waals surface area (Å²) in [6, 6.07) is 4.85. The van der Waals surface area contributed by atoms with E-state index >= 15 is 0 Å². The van der Waals surface area contributed by atoms with Gasteiger partial charge in [0.2, 0.25) is 6.79 Å². The molecule has 0 radical (unpaired) electrons. The van der Waals surface area contributed by atoms with Gasteiger partial charge in [0, 0.05) is 6.08 Å². The fourth-order valence-electron chi connectivity index (χ4n) is 1.20. The molecular weight excluding hydrogens is 240 g/mol. The van der Waals surface area contributed by atoms with Crippen LogP contribution in [0.1, 0.15) is 5.56 Å². The van der Waals surface area contributed by atoms with Crippen LogP contribution in [0.4, 0.5) is 0 Å². The predicted molar refractivity (Wildman–Crippen MR) is 62.3 cm³/mol. The summed E-state index contributed by atoms with van der Waals surface area (Å²) in [5.41, 5.74) is 0.651. The molecule has 0 unspecified atom stereocenters. The summed E-state index contributed by atoms with van der Waals surface area (Å²) in [6.45, 7) is 0.0562. The summed E-state index contributed by atoms with van der Waals surface area (Å²) in [6.07, 6.45) is 2.45. The molecule has 0 aliphatic heterocycles. The number of methoxy groups -OCH3 is 1. The molecule has 6 nitrogen and oxygen atoms in total. The third-order valence-electron chi connectivity index (χ3n) is 1.96. The standard InChI is InChI=1S/C12H12O6/c1-16-11-6-9(3-5-12(14)15)2-4-10(11)18-8-17-7-13/h2-7H,8H2,1H3,(H,14,15)/b5-3+. The van der Waals surface area contributed by atoms with Gasteiger partial charge in [0.25, 0.3) is 6.47 Å². The van der Waals surface area contributed by atoms with Crippen LogP contribution in [0.15, 0.2) is 24.3 Å². The second-order valence-corrected chi connectivity index (χ2v) is 3.11. The molecule has 6 heteroatoms. The molecule has 0 aliphatic rings. The van der Waals surface area contributed by atoms with Crippen molar-refractivity contribution < 1.29 is 28.9 Å². The summed E-state index contributed by atoms with van der Waals surface area (Å²) in [4.78, 5) is 20.3. The van der Waals surface area contributed by atoms with Crippen molar-refractivity contribution >= 4 is 18.5 Å². The molecule has 1 aromatic carbocycles. The van der Waals surface area contributed by atoms with E-state index in [2.05, 4.69) is 4.74 Å². The lowest BCUT2D eigenvalue weighted by molar-refractivity contribution is -0.135. The normalized spacial score (nSPS) is 10.1. The number of rotatable bonds is 7. The van der Waals surface area contributed by atoms with E-state index in [0.29, 0.717) is 17.1 Å². The van der Waals surface area contributed by atoms with E-state index < -0.39 is 5.97 Å². The van der Waals surface area contributed by atoms with Crippen LogP contribution >= 0.6 is 0 Å². The van der Waals surface area contributed by atoms with E-state index in [4.69, 9.17) is 14.6 Å². The van der Waals surface area contributed by atoms with Crippen LogP contribution in [0.5, 0.6) is 11.5 Å². The van der Waals surface area contributed by atoms with Gasteiger partial charge >= 0.3 is 5.97 Å². The van der Waals surface area contributed by atoms with E-state index in [1.54, 1.807) is 18.2 Å². The topological polar surface area (TPSA) is 82.1 Å². The minimum absolute atomic E-state index is 0.218. The minimum atomic E-state index is -1.03.